The molecule has 0 radical (unpaired) electrons. The van der Waals surface area contributed by atoms with Crippen LogP contribution < -0.4 is 5.56 Å². The van der Waals surface area contributed by atoms with Gasteiger partial charge in [0.1, 0.15) is 6.33 Å². The largest absolute Gasteiger partial charge is 0.281 e. The summed E-state index contributed by atoms with van der Waals surface area (Å²) in [6.07, 6.45) is 3.15. The van der Waals surface area contributed by atoms with Gasteiger partial charge in [-0.1, -0.05) is 54.6 Å². The molecule has 3 aromatic carbocycles. The van der Waals surface area contributed by atoms with E-state index in [1.54, 1.807) is 12.3 Å². The SMILES string of the molecule is O=c1c2ccccc2ncn1/N=C/c1cccc2ccccc12. The van der Waals surface area contributed by atoms with Crippen LogP contribution in [0.25, 0.3) is 21.7 Å². The van der Waals surface area contributed by atoms with Crippen molar-refractivity contribution in [3.8, 4) is 0 Å². The summed E-state index contributed by atoms with van der Waals surface area (Å²) >= 11 is 0. The Morgan fingerprint density at radius 1 is 0.870 bits per heavy atom. The number of nitrogens with zero attached hydrogens (tertiary/aromatic N) is 3. The molecule has 1 heterocycles. The van der Waals surface area contributed by atoms with Crippen molar-refractivity contribution in [2.75, 3.05) is 0 Å². The van der Waals surface area contributed by atoms with Crippen LogP contribution in [-0.4, -0.2) is 15.9 Å². The standard InChI is InChI=1S/C19H13N3O/c23-19-17-10-3-4-11-18(17)20-13-22(19)21-12-15-8-5-7-14-6-1-2-9-16(14)15/h1-13H/b21-12+. The van der Waals surface area contributed by atoms with Crippen LogP contribution in [0, 0.1) is 0 Å². The molecular formula is C19H13N3O. The van der Waals surface area contributed by atoms with Crippen molar-refractivity contribution in [1.82, 2.24) is 9.66 Å². The first kappa shape index (κ1) is 13.4. The van der Waals surface area contributed by atoms with Gasteiger partial charge in [-0.15, -0.1) is 0 Å². The molecule has 0 saturated carbocycles. The fourth-order valence-corrected chi connectivity index (χ4v) is 2.63. The van der Waals surface area contributed by atoms with Crippen LogP contribution in [-0.2, 0) is 0 Å². The molecule has 110 valence electrons. The summed E-state index contributed by atoms with van der Waals surface area (Å²) in [6.45, 7) is 0. The summed E-state index contributed by atoms with van der Waals surface area (Å²) in [4.78, 5) is 16.7. The van der Waals surface area contributed by atoms with Crippen molar-refractivity contribution >= 4 is 27.9 Å². The summed E-state index contributed by atoms with van der Waals surface area (Å²) < 4.78 is 1.27. The number of rotatable bonds is 2. The fourth-order valence-electron chi connectivity index (χ4n) is 2.63. The zero-order valence-corrected chi connectivity index (χ0v) is 12.3. The van der Waals surface area contributed by atoms with Gasteiger partial charge in [0.25, 0.3) is 5.56 Å². The van der Waals surface area contributed by atoms with Crippen molar-refractivity contribution in [1.29, 1.82) is 0 Å². The third-order valence-electron chi connectivity index (χ3n) is 3.79. The monoisotopic (exact) mass is 299 g/mol. The lowest BCUT2D eigenvalue weighted by Crippen LogP contribution is -2.16. The molecule has 4 heteroatoms. The smallest absolute Gasteiger partial charge is 0.267 e. The topological polar surface area (TPSA) is 47.2 Å². The molecular weight excluding hydrogens is 286 g/mol. The van der Waals surface area contributed by atoms with Gasteiger partial charge in [0.15, 0.2) is 0 Å². The maximum Gasteiger partial charge on any atom is 0.281 e. The molecule has 4 nitrogen and oxygen atoms in total. The van der Waals surface area contributed by atoms with Gasteiger partial charge in [-0.2, -0.15) is 9.78 Å². The molecule has 4 aromatic rings. The van der Waals surface area contributed by atoms with Crippen LogP contribution in [0.4, 0.5) is 0 Å². The van der Waals surface area contributed by atoms with E-state index in [1.807, 2.05) is 48.5 Å². The van der Waals surface area contributed by atoms with Gasteiger partial charge in [-0.05, 0) is 22.9 Å². The van der Waals surface area contributed by atoms with Gasteiger partial charge >= 0.3 is 0 Å². The second kappa shape index (κ2) is 5.50. The predicted octanol–water partition coefficient (Wildman–Crippen LogP) is 3.43. The van der Waals surface area contributed by atoms with Gasteiger partial charge in [-0.3, -0.25) is 4.79 Å². The van der Waals surface area contributed by atoms with Gasteiger partial charge in [0.05, 0.1) is 17.1 Å². The van der Waals surface area contributed by atoms with Gasteiger partial charge in [0, 0.05) is 5.56 Å². The second-order valence-electron chi connectivity index (χ2n) is 5.22. The summed E-state index contributed by atoms with van der Waals surface area (Å²) in [5, 5.41) is 7.09. The van der Waals surface area contributed by atoms with E-state index in [4.69, 9.17) is 0 Å². The van der Waals surface area contributed by atoms with E-state index in [1.165, 1.54) is 11.0 Å². The number of hydrogen-bond acceptors (Lipinski definition) is 3. The van der Waals surface area contributed by atoms with Crippen LogP contribution in [0.15, 0.2) is 83.0 Å². The van der Waals surface area contributed by atoms with Crippen molar-refractivity contribution in [3.63, 3.8) is 0 Å². The van der Waals surface area contributed by atoms with Crippen LogP contribution in [0.3, 0.4) is 0 Å². The van der Waals surface area contributed by atoms with E-state index in [-0.39, 0.29) is 5.56 Å². The number of para-hydroxylation sites is 1. The van der Waals surface area contributed by atoms with Crippen LogP contribution in [0.2, 0.25) is 0 Å². The van der Waals surface area contributed by atoms with Crippen molar-refractivity contribution in [2.24, 2.45) is 5.10 Å². The zero-order chi connectivity index (χ0) is 15.6. The van der Waals surface area contributed by atoms with Gasteiger partial charge in [-0.25, -0.2) is 4.98 Å². The highest BCUT2D eigenvalue weighted by molar-refractivity contribution is 5.99. The Kier molecular flexibility index (Phi) is 3.20. The Balaban J connectivity index is 1.82. The molecule has 0 spiro atoms. The molecule has 0 N–H and O–H groups in total. The molecule has 0 atom stereocenters. The van der Waals surface area contributed by atoms with E-state index in [0.717, 1.165) is 16.3 Å². The average Bonchev–Trinajstić information content (AvgIpc) is 2.61. The van der Waals surface area contributed by atoms with E-state index < -0.39 is 0 Å². The van der Waals surface area contributed by atoms with E-state index in [0.29, 0.717) is 10.9 Å². The van der Waals surface area contributed by atoms with E-state index >= 15 is 0 Å². The summed E-state index contributed by atoms with van der Waals surface area (Å²) in [5.41, 5.74) is 1.46. The lowest BCUT2D eigenvalue weighted by molar-refractivity contribution is 0.817. The lowest BCUT2D eigenvalue weighted by Gasteiger charge is -2.02. The van der Waals surface area contributed by atoms with E-state index in [2.05, 4.69) is 22.2 Å². The minimum Gasteiger partial charge on any atom is -0.267 e. The normalized spacial score (nSPS) is 11.5. The summed E-state index contributed by atoms with van der Waals surface area (Å²) in [6, 6.07) is 21.3. The van der Waals surface area contributed by atoms with E-state index in [9.17, 15) is 4.79 Å². The van der Waals surface area contributed by atoms with Crippen LogP contribution in [0.5, 0.6) is 0 Å². The Morgan fingerprint density at radius 2 is 1.61 bits per heavy atom. The maximum absolute atomic E-state index is 12.4. The molecule has 23 heavy (non-hydrogen) atoms. The number of benzene rings is 3. The summed E-state index contributed by atoms with van der Waals surface area (Å²) in [7, 11) is 0. The number of hydrogen-bond donors (Lipinski definition) is 0. The highest BCUT2D eigenvalue weighted by Crippen LogP contribution is 2.16. The van der Waals surface area contributed by atoms with Crippen LogP contribution in [0.1, 0.15) is 5.56 Å². The number of fused-ring (bicyclic) bond motifs is 2. The average molecular weight is 299 g/mol. The maximum atomic E-state index is 12.4. The van der Waals surface area contributed by atoms with Gasteiger partial charge in [0.2, 0.25) is 0 Å². The quantitative estimate of drug-likeness (QED) is 0.532. The molecule has 0 aliphatic rings. The minimum absolute atomic E-state index is 0.174. The Hall–Kier alpha value is -3.27. The third kappa shape index (κ3) is 2.40. The van der Waals surface area contributed by atoms with Gasteiger partial charge < -0.3 is 0 Å². The molecule has 0 aliphatic carbocycles. The Morgan fingerprint density at radius 3 is 2.52 bits per heavy atom. The fraction of sp³-hybridized carbons (Fsp3) is 0. The number of aromatic nitrogens is 2. The first-order chi connectivity index (χ1) is 11.3. The molecule has 0 saturated heterocycles. The molecule has 0 amide bonds. The van der Waals surface area contributed by atoms with Crippen molar-refractivity contribution in [3.05, 3.63) is 89.0 Å². The molecule has 4 rings (SSSR count). The minimum atomic E-state index is -0.174. The predicted molar refractivity (Wildman–Crippen MR) is 92.9 cm³/mol. The first-order valence-electron chi connectivity index (χ1n) is 7.31. The zero-order valence-electron chi connectivity index (χ0n) is 12.3. The molecule has 0 bridgehead atoms. The second-order valence-corrected chi connectivity index (χ2v) is 5.22. The lowest BCUT2D eigenvalue weighted by atomic mass is 10.1. The van der Waals surface area contributed by atoms with Crippen molar-refractivity contribution < 1.29 is 0 Å². The molecule has 0 aliphatic heterocycles. The Bertz CT molecular complexity index is 1090. The Labute approximate surface area is 132 Å². The third-order valence-corrected chi connectivity index (χ3v) is 3.79. The molecule has 0 unspecified atom stereocenters. The van der Waals surface area contributed by atoms with Crippen LogP contribution >= 0.6 is 0 Å². The highest BCUT2D eigenvalue weighted by atomic mass is 16.1. The van der Waals surface area contributed by atoms with Crippen molar-refractivity contribution in [2.45, 2.75) is 0 Å². The summed E-state index contributed by atoms with van der Waals surface area (Å²) in [5.74, 6) is 0. The molecule has 0 fully saturated rings. The highest BCUT2D eigenvalue weighted by Gasteiger charge is 2.02. The first-order valence-corrected chi connectivity index (χ1v) is 7.31. The molecule has 1 aromatic heterocycles.